The molecule has 0 bridgehead atoms. The van der Waals surface area contributed by atoms with Gasteiger partial charge in [0.2, 0.25) is 0 Å². The number of β-amino-alcohol motifs (C(OH)–C–C–N with tert-alkyl or cyclic N) is 1. The van der Waals surface area contributed by atoms with Gasteiger partial charge in [0.05, 0.1) is 30.0 Å². The van der Waals surface area contributed by atoms with Crippen molar-refractivity contribution in [1.82, 2.24) is 14.5 Å². The van der Waals surface area contributed by atoms with Gasteiger partial charge >= 0.3 is 0 Å². The smallest absolute Gasteiger partial charge is 0.0959 e. The molecule has 1 aliphatic rings. The maximum atomic E-state index is 10.6. The van der Waals surface area contributed by atoms with Crippen LogP contribution in [-0.4, -0.2) is 58.4 Å². The van der Waals surface area contributed by atoms with Gasteiger partial charge in [-0.15, -0.1) is 0 Å². The number of aromatic nitrogens is 2. The van der Waals surface area contributed by atoms with Gasteiger partial charge in [0.1, 0.15) is 0 Å². The summed E-state index contributed by atoms with van der Waals surface area (Å²) >= 11 is 0. The minimum absolute atomic E-state index is 0.396. The van der Waals surface area contributed by atoms with E-state index in [1.54, 1.807) is 0 Å². The van der Waals surface area contributed by atoms with E-state index in [4.69, 9.17) is 0 Å². The van der Waals surface area contributed by atoms with Crippen LogP contribution in [0.2, 0.25) is 0 Å². The second-order valence-corrected chi connectivity index (χ2v) is 7.60. The van der Waals surface area contributed by atoms with Crippen LogP contribution in [0.5, 0.6) is 0 Å². The van der Waals surface area contributed by atoms with Crippen LogP contribution < -0.4 is 4.90 Å². The predicted molar refractivity (Wildman–Crippen MR) is 110 cm³/mol. The molecule has 0 saturated carbocycles. The number of rotatable bonds is 5. The highest BCUT2D eigenvalue weighted by atomic mass is 16.3. The highest BCUT2D eigenvalue weighted by molar-refractivity contribution is 5.77. The van der Waals surface area contributed by atoms with E-state index in [0.29, 0.717) is 13.1 Å². The number of piperazine rings is 1. The summed E-state index contributed by atoms with van der Waals surface area (Å²) in [6.07, 6.45) is 1.45. The molecule has 1 fully saturated rings. The normalized spacial score (nSPS) is 16.8. The van der Waals surface area contributed by atoms with Gasteiger partial charge in [-0.25, -0.2) is 4.98 Å². The van der Waals surface area contributed by atoms with Gasteiger partial charge in [-0.3, -0.25) is 4.90 Å². The Bertz CT molecular complexity index is 897. The standard InChI is InChI=1S/C22H28N4O/c1-17-12-21-22(13-18(17)2)26(16-23-21)15-20(27)14-24-8-10-25(11-9-24)19-6-4-3-5-7-19/h3-7,12-13,16,20,27H,8-11,14-15H2,1-2H3/t20-/m0/s1. The first-order chi connectivity index (χ1) is 13.1. The Morgan fingerprint density at radius 1 is 0.963 bits per heavy atom. The number of nitrogens with zero attached hydrogens (tertiary/aromatic N) is 4. The number of anilines is 1. The van der Waals surface area contributed by atoms with Crippen molar-refractivity contribution in [2.75, 3.05) is 37.6 Å². The summed E-state index contributed by atoms with van der Waals surface area (Å²) in [5, 5.41) is 10.6. The van der Waals surface area contributed by atoms with Crippen LogP contribution in [0.3, 0.4) is 0 Å². The number of fused-ring (bicyclic) bond motifs is 1. The van der Waals surface area contributed by atoms with Gasteiger partial charge in [-0.05, 0) is 49.2 Å². The fraction of sp³-hybridized carbons (Fsp3) is 0.409. The van der Waals surface area contributed by atoms with Crippen LogP contribution in [0.25, 0.3) is 11.0 Å². The molecule has 4 rings (SSSR count). The highest BCUT2D eigenvalue weighted by Crippen LogP contribution is 2.19. The molecule has 1 aliphatic heterocycles. The topological polar surface area (TPSA) is 44.5 Å². The van der Waals surface area contributed by atoms with E-state index in [-0.39, 0.29) is 0 Å². The summed E-state index contributed by atoms with van der Waals surface area (Å²) in [5.74, 6) is 0. The summed E-state index contributed by atoms with van der Waals surface area (Å²) in [7, 11) is 0. The number of benzene rings is 2. The summed E-state index contributed by atoms with van der Waals surface area (Å²) in [6, 6.07) is 14.9. The van der Waals surface area contributed by atoms with E-state index in [1.165, 1.54) is 16.8 Å². The maximum Gasteiger partial charge on any atom is 0.0959 e. The van der Waals surface area contributed by atoms with E-state index in [2.05, 4.69) is 75.7 Å². The molecule has 5 heteroatoms. The lowest BCUT2D eigenvalue weighted by Crippen LogP contribution is -2.49. The highest BCUT2D eigenvalue weighted by Gasteiger charge is 2.20. The minimum atomic E-state index is -0.396. The lowest BCUT2D eigenvalue weighted by molar-refractivity contribution is 0.0959. The largest absolute Gasteiger partial charge is 0.390 e. The Labute approximate surface area is 160 Å². The van der Waals surface area contributed by atoms with Crippen LogP contribution in [0.1, 0.15) is 11.1 Å². The van der Waals surface area contributed by atoms with E-state index in [0.717, 1.165) is 37.2 Å². The first-order valence-corrected chi connectivity index (χ1v) is 9.72. The molecule has 0 aliphatic carbocycles. The Balaban J connectivity index is 1.34. The molecule has 0 radical (unpaired) electrons. The quantitative estimate of drug-likeness (QED) is 0.756. The average Bonchev–Trinajstić information content (AvgIpc) is 3.05. The number of hydrogen-bond donors (Lipinski definition) is 1. The Kier molecular flexibility index (Phi) is 5.14. The lowest BCUT2D eigenvalue weighted by Gasteiger charge is -2.37. The third-order valence-electron chi connectivity index (χ3n) is 5.61. The third-order valence-corrected chi connectivity index (χ3v) is 5.61. The molecule has 1 N–H and O–H groups in total. The van der Waals surface area contributed by atoms with Gasteiger partial charge in [-0.2, -0.15) is 0 Å². The second kappa shape index (κ2) is 7.71. The van der Waals surface area contributed by atoms with E-state index < -0.39 is 6.10 Å². The van der Waals surface area contributed by atoms with E-state index in [9.17, 15) is 5.11 Å². The molecule has 0 spiro atoms. The molecule has 2 aromatic carbocycles. The van der Waals surface area contributed by atoms with Crippen molar-refractivity contribution in [3.63, 3.8) is 0 Å². The maximum absolute atomic E-state index is 10.6. The zero-order chi connectivity index (χ0) is 18.8. The van der Waals surface area contributed by atoms with Gasteiger partial charge < -0.3 is 14.6 Å². The van der Waals surface area contributed by atoms with E-state index in [1.807, 2.05) is 6.33 Å². The summed E-state index contributed by atoms with van der Waals surface area (Å²) in [4.78, 5) is 9.27. The lowest BCUT2D eigenvalue weighted by atomic mass is 10.1. The zero-order valence-electron chi connectivity index (χ0n) is 16.2. The summed E-state index contributed by atoms with van der Waals surface area (Å²) in [5.41, 5.74) is 5.90. The van der Waals surface area contributed by atoms with Gasteiger partial charge in [0.15, 0.2) is 0 Å². The Hall–Kier alpha value is -2.37. The van der Waals surface area contributed by atoms with Crippen molar-refractivity contribution in [2.24, 2.45) is 0 Å². The first-order valence-electron chi connectivity index (χ1n) is 9.72. The molecule has 5 nitrogen and oxygen atoms in total. The molecule has 0 unspecified atom stereocenters. The van der Waals surface area contributed by atoms with Crippen LogP contribution in [0.4, 0.5) is 5.69 Å². The van der Waals surface area contributed by atoms with Crippen LogP contribution in [0.15, 0.2) is 48.8 Å². The fourth-order valence-electron chi connectivity index (χ4n) is 3.87. The number of aliphatic hydroxyl groups excluding tert-OH is 1. The van der Waals surface area contributed by atoms with Crippen molar-refractivity contribution in [1.29, 1.82) is 0 Å². The molecule has 3 aromatic rings. The molecule has 1 saturated heterocycles. The van der Waals surface area contributed by atoms with Crippen LogP contribution >= 0.6 is 0 Å². The minimum Gasteiger partial charge on any atom is -0.390 e. The third kappa shape index (κ3) is 3.99. The summed E-state index contributed by atoms with van der Waals surface area (Å²) < 4.78 is 2.08. The molecule has 1 atom stereocenters. The number of aliphatic hydroxyl groups is 1. The number of aryl methyl sites for hydroxylation is 2. The fourth-order valence-corrected chi connectivity index (χ4v) is 3.87. The number of hydrogen-bond acceptors (Lipinski definition) is 4. The first kappa shape index (κ1) is 18.0. The summed E-state index contributed by atoms with van der Waals surface area (Å²) in [6.45, 7) is 9.48. The zero-order valence-corrected chi connectivity index (χ0v) is 16.2. The molecule has 2 heterocycles. The van der Waals surface area contributed by atoms with Gasteiger partial charge in [0.25, 0.3) is 0 Å². The van der Waals surface area contributed by atoms with Gasteiger partial charge in [-0.1, -0.05) is 18.2 Å². The molecular weight excluding hydrogens is 336 g/mol. The predicted octanol–water partition coefficient (Wildman–Crippen LogP) is 2.84. The molecule has 142 valence electrons. The van der Waals surface area contributed by atoms with E-state index >= 15 is 0 Å². The van der Waals surface area contributed by atoms with Crippen molar-refractivity contribution in [3.05, 3.63) is 59.9 Å². The second-order valence-electron chi connectivity index (χ2n) is 7.60. The molecule has 0 amide bonds. The van der Waals surface area contributed by atoms with Crippen LogP contribution in [-0.2, 0) is 6.54 Å². The SMILES string of the molecule is Cc1cc2ncn(C[C@@H](O)CN3CCN(c4ccccc4)CC3)c2cc1C. The molecule has 1 aromatic heterocycles. The van der Waals surface area contributed by atoms with Gasteiger partial charge in [0, 0.05) is 38.4 Å². The monoisotopic (exact) mass is 364 g/mol. The van der Waals surface area contributed by atoms with Crippen molar-refractivity contribution in [2.45, 2.75) is 26.5 Å². The number of para-hydroxylation sites is 1. The van der Waals surface area contributed by atoms with Crippen molar-refractivity contribution in [3.8, 4) is 0 Å². The van der Waals surface area contributed by atoms with Crippen molar-refractivity contribution >= 4 is 16.7 Å². The Morgan fingerprint density at radius 2 is 1.67 bits per heavy atom. The van der Waals surface area contributed by atoms with Crippen molar-refractivity contribution < 1.29 is 5.11 Å². The Morgan fingerprint density at radius 3 is 2.41 bits per heavy atom. The average molecular weight is 364 g/mol. The number of imidazole rings is 1. The van der Waals surface area contributed by atoms with Crippen LogP contribution in [0, 0.1) is 13.8 Å². The molecular formula is C22H28N4O. The molecule has 27 heavy (non-hydrogen) atoms.